The number of carbonyl (C=O) groups is 1. The van der Waals surface area contributed by atoms with Gasteiger partial charge in [-0.05, 0) is 24.3 Å². The fourth-order valence-corrected chi connectivity index (χ4v) is 4.00. The molecule has 4 aromatic rings. The molecule has 1 heterocycles. The smallest absolute Gasteiger partial charge is 0.288 e. The fourth-order valence-electron chi connectivity index (χ4n) is 2.80. The monoisotopic (exact) mass is 394 g/mol. The normalized spacial score (nSPS) is 10.9. The minimum absolute atomic E-state index is 0.00370. The molecule has 0 aliphatic rings. The molecule has 0 amide bonds. The lowest BCUT2D eigenvalue weighted by atomic mass is 9.98. The molecule has 0 aliphatic carbocycles. The van der Waals surface area contributed by atoms with Gasteiger partial charge >= 0.3 is 0 Å². The van der Waals surface area contributed by atoms with E-state index in [9.17, 15) is 14.9 Å². The molecule has 0 fully saturated rings. The van der Waals surface area contributed by atoms with Crippen LogP contribution in [0, 0.1) is 10.1 Å². The van der Waals surface area contributed by atoms with Crippen molar-refractivity contribution in [1.29, 1.82) is 0 Å². The van der Waals surface area contributed by atoms with Gasteiger partial charge in [-0.15, -0.1) is 11.3 Å². The van der Waals surface area contributed by atoms with Gasteiger partial charge < -0.3 is 0 Å². The first-order valence-electron chi connectivity index (χ1n) is 7.98. The SMILES string of the molecule is O=C(c1ccc(Cl)c([N+](=O)[O-])c1)c1ccccc1-c1nc2ccccc2s1. The van der Waals surface area contributed by atoms with Crippen molar-refractivity contribution in [3.63, 3.8) is 0 Å². The minimum atomic E-state index is -0.599. The van der Waals surface area contributed by atoms with Crippen LogP contribution in [0.15, 0.2) is 66.7 Å². The first-order chi connectivity index (χ1) is 13.0. The van der Waals surface area contributed by atoms with Gasteiger partial charge in [0.1, 0.15) is 10.0 Å². The molecule has 5 nitrogen and oxygen atoms in total. The molecule has 0 atom stereocenters. The summed E-state index contributed by atoms with van der Waals surface area (Å²) in [6, 6.07) is 18.9. The number of ketones is 1. The van der Waals surface area contributed by atoms with Crippen LogP contribution in [0.4, 0.5) is 5.69 Å². The second-order valence-corrected chi connectivity index (χ2v) is 7.22. The third-order valence-electron chi connectivity index (χ3n) is 4.10. The van der Waals surface area contributed by atoms with Crippen molar-refractivity contribution in [1.82, 2.24) is 4.98 Å². The zero-order valence-electron chi connectivity index (χ0n) is 13.8. The third-order valence-corrected chi connectivity index (χ3v) is 5.49. The molecular weight excluding hydrogens is 384 g/mol. The molecule has 1 aromatic heterocycles. The highest BCUT2D eigenvalue weighted by Gasteiger charge is 2.20. The predicted molar refractivity (Wildman–Crippen MR) is 107 cm³/mol. The maximum Gasteiger partial charge on any atom is 0.288 e. The summed E-state index contributed by atoms with van der Waals surface area (Å²) < 4.78 is 1.02. The van der Waals surface area contributed by atoms with Crippen LogP contribution in [0.2, 0.25) is 5.02 Å². The second kappa shape index (κ2) is 6.90. The maximum absolute atomic E-state index is 13.1. The summed E-state index contributed by atoms with van der Waals surface area (Å²) in [7, 11) is 0. The van der Waals surface area contributed by atoms with Gasteiger partial charge in [0.05, 0.1) is 15.1 Å². The molecular formula is C20H11ClN2O3S. The summed E-state index contributed by atoms with van der Waals surface area (Å²) >= 11 is 7.35. The molecule has 3 aromatic carbocycles. The summed E-state index contributed by atoms with van der Waals surface area (Å²) in [4.78, 5) is 28.2. The molecule has 0 aliphatic heterocycles. The van der Waals surface area contributed by atoms with Crippen molar-refractivity contribution in [2.24, 2.45) is 0 Å². The van der Waals surface area contributed by atoms with Gasteiger partial charge in [0, 0.05) is 22.8 Å². The van der Waals surface area contributed by atoms with Gasteiger partial charge in [0.2, 0.25) is 0 Å². The number of fused-ring (bicyclic) bond motifs is 1. The number of hydrogen-bond donors (Lipinski definition) is 0. The van der Waals surface area contributed by atoms with Crippen LogP contribution in [0.3, 0.4) is 0 Å². The number of nitrogens with zero attached hydrogens (tertiary/aromatic N) is 2. The zero-order valence-corrected chi connectivity index (χ0v) is 15.3. The number of carbonyl (C=O) groups excluding carboxylic acids is 1. The quantitative estimate of drug-likeness (QED) is 0.251. The fraction of sp³-hybridized carbons (Fsp3) is 0. The molecule has 0 unspecified atom stereocenters. The number of thiazole rings is 1. The lowest BCUT2D eigenvalue weighted by Crippen LogP contribution is -2.04. The average Bonchev–Trinajstić information content (AvgIpc) is 3.11. The number of nitro benzene ring substituents is 1. The number of benzene rings is 3. The summed E-state index contributed by atoms with van der Waals surface area (Å²) in [5.74, 6) is -0.315. The molecule has 0 N–H and O–H groups in total. The number of nitro groups is 1. The highest BCUT2D eigenvalue weighted by atomic mass is 35.5. The summed E-state index contributed by atoms with van der Waals surface area (Å²) in [6.45, 7) is 0. The van der Waals surface area contributed by atoms with Crippen LogP contribution < -0.4 is 0 Å². The number of para-hydroxylation sites is 1. The van der Waals surface area contributed by atoms with Crippen molar-refractivity contribution in [3.8, 4) is 10.6 Å². The van der Waals surface area contributed by atoms with E-state index in [0.717, 1.165) is 15.2 Å². The Kier molecular flexibility index (Phi) is 4.43. The van der Waals surface area contributed by atoms with Crippen LogP contribution in [0.1, 0.15) is 15.9 Å². The van der Waals surface area contributed by atoms with Gasteiger partial charge in [-0.2, -0.15) is 0 Å². The van der Waals surface area contributed by atoms with Gasteiger partial charge in [0.25, 0.3) is 5.69 Å². The predicted octanol–water partition coefficient (Wildman–Crippen LogP) is 5.76. The van der Waals surface area contributed by atoms with Crippen molar-refractivity contribution >= 4 is 44.6 Å². The molecule has 4 rings (SSSR count). The molecule has 27 heavy (non-hydrogen) atoms. The summed E-state index contributed by atoms with van der Waals surface area (Å²) in [5, 5.41) is 11.8. The molecule has 132 valence electrons. The van der Waals surface area contributed by atoms with E-state index in [-0.39, 0.29) is 22.1 Å². The number of halogens is 1. The molecule has 0 saturated carbocycles. The average molecular weight is 395 g/mol. The highest BCUT2D eigenvalue weighted by molar-refractivity contribution is 7.21. The number of hydrogen-bond acceptors (Lipinski definition) is 5. The second-order valence-electron chi connectivity index (χ2n) is 5.78. The lowest BCUT2D eigenvalue weighted by molar-refractivity contribution is -0.384. The Bertz CT molecular complexity index is 1170. The Balaban J connectivity index is 1.82. The molecule has 0 saturated heterocycles. The maximum atomic E-state index is 13.1. The number of aromatic nitrogens is 1. The first kappa shape index (κ1) is 17.3. The Morgan fingerprint density at radius 3 is 2.56 bits per heavy atom. The summed E-state index contributed by atoms with van der Waals surface area (Å²) in [6.07, 6.45) is 0. The van der Waals surface area contributed by atoms with E-state index in [0.29, 0.717) is 11.1 Å². The van der Waals surface area contributed by atoms with E-state index in [4.69, 9.17) is 11.6 Å². The van der Waals surface area contributed by atoms with Crippen LogP contribution >= 0.6 is 22.9 Å². The van der Waals surface area contributed by atoms with E-state index < -0.39 is 4.92 Å². The molecule has 7 heteroatoms. The molecule has 0 bridgehead atoms. The largest absolute Gasteiger partial charge is 0.289 e. The van der Waals surface area contributed by atoms with Gasteiger partial charge in [-0.25, -0.2) is 4.98 Å². The summed E-state index contributed by atoms with van der Waals surface area (Å²) in [5.41, 5.74) is 1.91. The van der Waals surface area contributed by atoms with Crippen LogP contribution in [0.5, 0.6) is 0 Å². The van der Waals surface area contributed by atoms with Crippen molar-refractivity contribution < 1.29 is 9.72 Å². The van der Waals surface area contributed by atoms with E-state index in [1.54, 1.807) is 12.1 Å². The van der Waals surface area contributed by atoms with E-state index >= 15 is 0 Å². The molecule has 0 spiro atoms. The lowest BCUT2D eigenvalue weighted by Gasteiger charge is -2.07. The van der Waals surface area contributed by atoms with E-state index in [1.807, 2.05) is 36.4 Å². The van der Waals surface area contributed by atoms with Crippen molar-refractivity contribution in [3.05, 3.63) is 93.0 Å². The Morgan fingerprint density at radius 2 is 1.78 bits per heavy atom. The zero-order chi connectivity index (χ0) is 19.0. The van der Waals surface area contributed by atoms with E-state index in [2.05, 4.69) is 4.98 Å². The minimum Gasteiger partial charge on any atom is -0.289 e. The van der Waals surface area contributed by atoms with Crippen LogP contribution in [-0.4, -0.2) is 15.7 Å². The third kappa shape index (κ3) is 3.20. The number of rotatable bonds is 4. The van der Waals surface area contributed by atoms with Gasteiger partial charge in [-0.1, -0.05) is 48.0 Å². The Morgan fingerprint density at radius 1 is 1.04 bits per heavy atom. The van der Waals surface area contributed by atoms with Crippen LogP contribution in [-0.2, 0) is 0 Å². The van der Waals surface area contributed by atoms with E-state index in [1.165, 1.54) is 29.5 Å². The van der Waals surface area contributed by atoms with Crippen molar-refractivity contribution in [2.75, 3.05) is 0 Å². The highest BCUT2D eigenvalue weighted by Crippen LogP contribution is 2.34. The topological polar surface area (TPSA) is 73.1 Å². The Labute approximate surface area is 163 Å². The van der Waals surface area contributed by atoms with Crippen LogP contribution in [0.25, 0.3) is 20.8 Å². The molecule has 0 radical (unpaired) electrons. The first-order valence-corrected chi connectivity index (χ1v) is 9.17. The Hall–Kier alpha value is -3.09. The van der Waals surface area contributed by atoms with Crippen molar-refractivity contribution in [2.45, 2.75) is 0 Å². The standard InChI is InChI=1S/C20H11ClN2O3S/c21-15-10-9-12(11-17(15)23(25)26)19(24)13-5-1-2-6-14(13)20-22-16-7-3-4-8-18(16)27-20/h1-11H. The van der Waals surface area contributed by atoms with Gasteiger partial charge in [-0.3, -0.25) is 14.9 Å². The van der Waals surface area contributed by atoms with Gasteiger partial charge in [0.15, 0.2) is 5.78 Å².